The fraction of sp³-hybridized carbons (Fsp3) is 0.484. The van der Waals surface area contributed by atoms with Crippen molar-refractivity contribution < 1.29 is 0 Å². The van der Waals surface area contributed by atoms with Crippen LogP contribution in [0.3, 0.4) is 0 Å². The summed E-state index contributed by atoms with van der Waals surface area (Å²) in [5.41, 5.74) is 7.83. The highest BCUT2D eigenvalue weighted by Crippen LogP contribution is 2.66. The summed E-state index contributed by atoms with van der Waals surface area (Å²) in [6, 6.07) is 11.4. The topological polar surface area (TPSA) is 0 Å². The summed E-state index contributed by atoms with van der Waals surface area (Å²) in [7, 11) is -0.485. The predicted octanol–water partition coefficient (Wildman–Crippen LogP) is 9.36. The number of hydrogen-bond donors (Lipinski definition) is 0. The Balaban J connectivity index is 1.46. The second-order valence-corrected chi connectivity index (χ2v) is 15.5. The first-order valence-electron chi connectivity index (χ1n) is 13.3. The summed E-state index contributed by atoms with van der Waals surface area (Å²) in [5.74, 6) is 0. The Morgan fingerprint density at radius 3 is 2.12 bits per heavy atom. The lowest BCUT2D eigenvalue weighted by Crippen LogP contribution is -2.23. The lowest BCUT2D eigenvalue weighted by Gasteiger charge is -2.41. The van der Waals surface area contributed by atoms with Gasteiger partial charge in [-0.1, -0.05) is 102 Å². The van der Waals surface area contributed by atoms with Crippen molar-refractivity contribution in [2.45, 2.75) is 94.5 Å². The zero-order chi connectivity index (χ0) is 22.5. The zero-order valence-electron chi connectivity index (χ0n) is 20.3. The Kier molecular flexibility index (Phi) is 8.21. The highest BCUT2D eigenvalue weighted by molar-refractivity contribution is 7.71. The smallest absolute Gasteiger partial charge is 0.0170 e. The predicted molar refractivity (Wildman–Crippen MR) is 149 cm³/mol. The van der Waals surface area contributed by atoms with E-state index in [2.05, 4.69) is 79.8 Å². The normalized spacial score (nSPS) is 23.9. The van der Waals surface area contributed by atoms with Gasteiger partial charge in [0.15, 0.2) is 0 Å². The van der Waals surface area contributed by atoms with Crippen molar-refractivity contribution in [3.05, 3.63) is 89.1 Å². The van der Waals surface area contributed by atoms with Crippen LogP contribution in [0.4, 0.5) is 0 Å². The average Bonchev–Trinajstić information content (AvgIpc) is 3.36. The molecule has 4 aliphatic rings. The first-order valence-corrected chi connectivity index (χ1v) is 16.2. The molecule has 1 radical (unpaired) electrons. The van der Waals surface area contributed by atoms with Crippen molar-refractivity contribution in [3.8, 4) is 0 Å². The van der Waals surface area contributed by atoms with Crippen LogP contribution in [0.15, 0.2) is 82.6 Å². The number of benzene rings is 1. The Bertz CT molecular complexity index is 930. The van der Waals surface area contributed by atoms with Crippen molar-refractivity contribution in [2.75, 3.05) is 0 Å². The molecule has 1 aromatic carbocycles. The van der Waals surface area contributed by atoms with Crippen molar-refractivity contribution in [2.24, 2.45) is 0 Å². The van der Waals surface area contributed by atoms with E-state index in [0.29, 0.717) is 5.66 Å². The molecule has 0 bridgehead atoms. The van der Waals surface area contributed by atoms with Gasteiger partial charge in [0.05, 0.1) is 0 Å². The molecule has 173 valence electrons. The molecule has 5 rings (SSSR count). The van der Waals surface area contributed by atoms with Gasteiger partial charge in [0, 0.05) is 17.7 Å². The molecule has 0 spiro atoms. The molecule has 2 saturated carbocycles. The van der Waals surface area contributed by atoms with Crippen molar-refractivity contribution in [3.63, 3.8) is 0 Å². The third-order valence-electron chi connectivity index (χ3n) is 7.98. The third-order valence-corrected chi connectivity index (χ3v) is 14.4. The quantitative estimate of drug-likeness (QED) is 0.273. The molecular weight excluding hydrogens is 434 g/mol. The number of hydrogen-bond acceptors (Lipinski definition) is 0. The van der Waals surface area contributed by atoms with Gasteiger partial charge < -0.3 is 0 Å². The summed E-state index contributed by atoms with van der Waals surface area (Å²) in [6.45, 7) is 2.52. The first kappa shape index (κ1) is 23.6. The second-order valence-electron chi connectivity index (χ2n) is 10.1. The molecule has 0 heterocycles. The van der Waals surface area contributed by atoms with Crippen LogP contribution in [0, 0.1) is 6.42 Å². The molecule has 0 amide bonds. The molecule has 2 atom stereocenters. The molecule has 2 heteroatoms. The van der Waals surface area contributed by atoms with Crippen molar-refractivity contribution in [1.82, 2.24) is 0 Å². The zero-order valence-corrected chi connectivity index (χ0v) is 22.0. The van der Waals surface area contributed by atoms with E-state index >= 15 is 0 Å². The van der Waals surface area contributed by atoms with E-state index in [1.165, 1.54) is 69.5 Å². The fourth-order valence-electron chi connectivity index (χ4n) is 6.38. The van der Waals surface area contributed by atoms with Crippen LogP contribution < -0.4 is 5.30 Å². The van der Waals surface area contributed by atoms with E-state index in [-0.39, 0.29) is 7.92 Å². The van der Waals surface area contributed by atoms with Crippen molar-refractivity contribution in [1.29, 1.82) is 0 Å². The van der Waals surface area contributed by atoms with Gasteiger partial charge in [-0.05, 0) is 79.4 Å². The largest absolute Gasteiger partial charge is 0.116 e. The first-order chi connectivity index (χ1) is 16.3. The van der Waals surface area contributed by atoms with Crippen LogP contribution in [0.5, 0.6) is 0 Å². The molecule has 1 unspecified atom stereocenters. The summed E-state index contributed by atoms with van der Waals surface area (Å²) >= 11 is 0. The van der Waals surface area contributed by atoms with Gasteiger partial charge in [0.1, 0.15) is 0 Å². The molecule has 0 nitrogen and oxygen atoms in total. The summed E-state index contributed by atoms with van der Waals surface area (Å²) < 4.78 is 0. The van der Waals surface area contributed by atoms with Crippen LogP contribution >= 0.6 is 15.8 Å². The Labute approximate surface area is 204 Å². The minimum Gasteiger partial charge on any atom is -0.116 e. The lowest BCUT2D eigenvalue weighted by molar-refractivity contribution is 0.486. The Morgan fingerprint density at radius 1 is 0.848 bits per heavy atom. The van der Waals surface area contributed by atoms with Gasteiger partial charge in [-0.3, -0.25) is 0 Å². The molecule has 2 fully saturated rings. The van der Waals surface area contributed by atoms with Gasteiger partial charge in [-0.15, -0.1) is 5.73 Å². The third kappa shape index (κ3) is 5.40. The highest BCUT2D eigenvalue weighted by atomic mass is 31.1. The summed E-state index contributed by atoms with van der Waals surface area (Å²) in [6.07, 6.45) is 29.7. The van der Waals surface area contributed by atoms with Gasteiger partial charge in [0.2, 0.25) is 0 Å². The van der Waals surface area contributed by atoms with Gasteiger partial charge in [-0.2, -0.15) is 0 Å². The maximum Gasteiger partial charge on any atom is 0.0170 e. The van der Waals surface area contributed by atoms with E-state index in [1.807, 2.05) is 0 Å². The molecule has 0 saturated heterocycles. The van der Waals surface area contributed by atoms with Gasteiger partial charge in [0.25, 0.3) is 0 Å². The monoisotopic (exact) mass is 473 g/mol. The van der Waals surface area contributed by atoms with Crippen LogP contribution in [0.25, 0.3) is 0 Å². The minimum atomic E-state index is -0.404. The fourth-order valence-corrected chi connectivity index (χ4v) is 13.3. The van der Waals surface area contributed by atoms with Crippen LogP contribution in [0.2, 0.25) is 0 Å². The maximum absolute atomic E-state index is 3.83. The Morgan fingerprint density at radius 2 is 1.52 bits per heavy atom. The summed E-state index contributed by atoms with van der Waals surface area (Å²) in [4.78, 5) is 0. The van der Waals surface area contributed by atoms with Crippen molar-refractivity contribution >= 4 is 21.1 Å². The molecule has 1 aromatic rings. The number of allylic oxidation sites excluding steroid dienone is 7. The van der Waals surface area contributed by atoms with Crippen LogP contribution in [-0.4, -0.2) is 17.0 Å². The molecule has 0 N–H and O–H groups in total. The molecule has 0 aromatic heterocycles. The average molecular weight is 474 g/mol. The molecular formula is C31H39P2. The molecule has 0 aliphatic heterocycles. The molecule has 4 aliphatic carbocycles. The highest BCUT2D eigenvalue weighted by Gasteiger charge is 2.38. The van der Waals surface area contributed by atoms with E-state index in [0.717, 1.165) is 17.7 Å². The standard InChI is InChI=1S/C31H39P2/c1-25(32(26-15-6-2-7-16-26)27-17-8-3-9-18-27)30-23-14-24-31(30)33(28-19-10-4-11-20-28)29-21-12-5-13-22-29/h2-3,6-9,14-17,24-25,28-29H,4-5,10-13,18-22H2,1H3/t25-,32?/m1/s1. The van der Waals surface area contributed by atoms with Gasteiger partial charge in [-0.25, -0.2) is 0 Å². The SMILES string of the molecule is C[C@H](C1=C=CC=C1P(C1CCCCC1)C1CCCCC1)P(C1=C[CH]C=CC1)c1ccccc1. The molecule has 33 heavy (non-hydrogen) atoms. The summed E-state index contributed by atoms with van der Waals surface area (Å²) in [5, 5.41) is 4.89. The van der Waals surface area contributed by atoms with E-state index in [9.17, 15) is 0 Å². The van der Waals surface area contributed by atoms with E-state index < -0.39 is 7.92 Å². The Hall–Kier alpha value is -1.18. The van der Waals surface area contributed by atoms with E-state index in [1.54, 1.807) is 16.2 Å². The second kappa shape index (κ2) is 11.5. The van der Waals surface area contributed by atoms with Gasteiger partial charge >= 0.3 is 0 Å². The van der Waals surface area contributed by atoms with E-state index in [4.69, 9.17) is 0 Å². The lowest BCUT2D eigenvalue weighted by atomic mass is 9.99. The number of rotatable bonds is 7. The minimum absolute atomic E-state index is 0.0816. The van der Waals surface area contributed by atoms with Crippen LogP contribution in [0.1, 0.15) is 77.6 Å². The van der Waals surface area contributed by atoms with Crippen LogP contribution in [-0.2, 0) is 0 Å². The maximum atomic E-state index is 3.83.